The maximum Gasteiger partial charge on any atom is 0.310 e. The third-order valence-electron chi connectivity index (χ3n) is 4.14. The van der Waals surface area contributed by atoms with Crippen LogP contribution in [0.5, 0.6) is 0 Å². The zero-order valence-electron chi connectivity index (χ0n) is 16.0. The molecule has 0 aliphatic rings. The van der Waals surface area contributed by atoms with Crippen LogP contribution in [0.4, 0.5) is 0 Å². The molecule has 2 aromatic heterocycles. The Labute approximate surface area is 176 Å². The lowest BCUT2D eigenvalue weighted by molar-refractivity contribution is -0.142. The van der Waals surface area contributed by atoms with E-state index in [4.69, 9.17) is 4.74 Å². The first-order chi connectivity index (χ1) is 14.0. The number of hydrogen-bond donors (Lipinski definition) is 1. The molecular formula is C21H19N3O3S2. The van der Waals surface area contributed by atoms with Gasteiger partial charge in [0.1, 0.15) is 11.6 Å². The van der Waals surface area contributed by atoms with Crippen molar-refractivity contribution in [3.05, 3.63) is 68.8 Å². The number of hydrogen-bond acceptors (Lipinski definition) is 7. The minimum Gasteiger partial charge on any atom is -0.466 e. The Balaban J connectivity index is 1.84. The summed E-state index contributed by atoms with van der Waals surface area (Å²) in [5.41, 5.74) is 1.84. The van der Waals surface area contributed by atoms with Crippen LogP contribution in [-0.2, 0) is 16.0 Å². The van der Waals surface area contributed by atoms with Gasteiger partial charge in [-0.25, -0.2) is 0 Å². The summed E-state index contributed by atoms with van der Waals surface area (Å²) in [5, 5.41) is 11.6. The van der Waals surface area contributed by atoms with E-state index in [1.54, 1.807) is 6.92 Å². The molecule has 3 aromatic rings. The van der Waals surface area contributed by atoms with Gasteiger partial charge in [0.25, 0.3) is 5.56 Å². The second kappa shape index (κ2) is 9.54. The van der Waals surface area contributed by atoms with Crippen LogP contribution in [0.25, 0.3) is 10.6 Å². The molecule has 0 fully saturated rings. The van der Waals surface area contributed by atoms with Gasteiger partial charge >= 0.3 is 5.97 Å². The van der Waals surface area contributed by atoms with E-state index in [1.165, 1.54) is 23.1 Å². The number of ether oxygens (including phenoxy) is 1. The number of esters is 1. The molecular weight excluding hydrogens is 406 g/mol. The highest BCUT2D eigenvalue weighted by molar-refractivity contribution is 7.99. The number of nitriles is 1. The summed E-state index contributed by atoms with van der Waals surface area (Å²) < 4.78 is 5.01. The molecule has 0 spiro atoms. The lowest BCUT2D eigenvalue weighted by atomic mass is 10.1. The van der Waals surface area contributed by atoms with Crippen LogP contribution >= 0.6 is 23.1 Å². The molecule has 8 heteroatoms. The van der Waals surface area contributed by atoms with Crippen molar-refractivity contribution in [2.75, 3.05) is 6.61 Å². The maximum absolute atomic E-state index is 12.3. The molecule has 6 nitrogen and oxygen atoms in total. The lowest BCUT2D eigenvalue weighted by Crippen LogP contribution is -2.14. The molecule has 148 valence electrons. The smallest absolute Gasteiger partial charge is 0.310 e. The van der Waals surface area contributed by atoms with Gasteiger partial charge in [-0.15, -0.1) is 11.3 Å². The third kappa shape index (κ3) is 5.13. The van der Waals surface area contributed by atoms with Gasteiger partial charge in [0.2, 0.25) is 0 Å². The summed E-state index contributed by atoms with van der Waals surface area (Å²) in [5.74, 6) is -0.261. The summed E-state index contributed by atoms with van der Waals surface area (Å²) in [6, 6.07) is 13.4. The van der Waals surface area contributed by atoms with Crippen molar-refractivity contribution >= 4 is 29.1 Å². The second-order valence-electron chi connectivity index (χ2n) is 6.17. The number of benzene rings is 1. The molecule has 1 atom stereocenters. The third-order valence-corrected chi connectivity index (χ3v) is 6.07. The summed E-state index contributed by atoms with van der Waals surface area (Å²) in [7, 11) is 0. The number of carbonyl (C=O) groups is 1. The van der Waals surface area contributed by atoms with E-state index in [1.807, 2.05) is 54.8 Å². The predicted molar refractivity (Wildman–Crippen MR) is 114 cm³/mol. The average Bonchev–Trinajstić information content (AvgIpc) is 3.22. The first-order valence-corrected chi connectivity index (χ1v) is 10.8. The van der Waals surface area contributed by atoms with Crippen LogP contribution in [0.2, 0.25) is 0 Å². The summed E-state index contributed by atoms with van der Waals surface area (Å²) >= 11 is 2.84. The molecule has 2 heterocycles. The number of nitrogens with zero attached hydrogens (tertiary/aromatic N) is 2. The van der Waals surface area contributed by atoms with Crippen molar-refractivity contribution in [2.24, 2.45) is 0 Å². The van der Waals surface area contributed by atoms with Gasteiger partial charge in [-0.3, -0.25) is 9.59 Å². The SMILES string of the molecule is CCOC(=O)Cc1cccc(C(C)Sc2nc(=O)c(C#N)c(-c3cccs3)[nH]2)c1. The van der Waals surface area contributed by atoms with Crippen molar-refractivity contribution in [3.8, 4) is 16.6 Å². The van der Waals surface area contributed by atoms with Crippen LogP contribution in [0.1, 0.15) is 35.8 Å². The van der Waals surface area contributed by atoms with Gasteiger partial charge < -0.3 is 9.72 Å². The minimum atomic E-state index is -0.541. The normalized spacial score (nSPS) is 11.6. The van der Waals surface area contributed by atoms with E-state index in [9.17, 15) is 14.9 Å². The summed E-state index contributed by atoms with van der Waals surface area (Å²) in [6.07, 6.45) is 0.216. The van der Waals surface area contributed by atoms with Gasteiger partial charge in [0.15, 0.2) is 5.16 Å². The monoisotopic (exact) mass is 425 g/mol. The van der Waals surface area contributed by atoms with Gasteiger partial charge in [0, 0.05) is 5.25 Å². The molecule has 0 aliphatic carbocycles. The van der Waals surface area contributed by atoms with Crippen LogP contribution in [-0.4, -0.2) is 22.5 Å². The zero-order valence-corrected chi connectivity index (χ0v) is 17.6. The van der Waals surface area contributed by atoms with E-state index in [-0.39, 0.29) is 23.2 Å². The first kappa shape index (κ1) is 20.8. The van der Waals surface area contributed by atoms with E-state index in [0.29, 0.717) is 17.5 Å². The van der Waals surface area contributed by atoms with Gasteiger partial charge in [0.05, 0.1) is 23.6 Å². The standard InChI is InChI=1S/C21H19N3O3S2/c1-3-27-18(25)11-14-6-4-7-15(10-14)13(2)29-21-23-19(17-8-5-9-28-17)16(12-22)20(26)24-21/h4-10,13H,3,11H2,1-2H3,(H,23,24,26). The molecule has 1 unspecified atom stereocenters. The number of aromatic nitrogens is 2. The van der Waals surface area contributed by atoms with E-state index < -0.39 is 5.56 Å². The van der Waals surface area contributed by atoms with Crippen molar-refractivity contribution in [1.29, 1.82) is 5.26 Å². The summed E-state index contributed by atoms with van der Waals surface area (Å²) in [4.78, 5) is 32.0. The fourth-order valence-corrected chi connectivity index (χ4v) is 4.43. The fraction of sp³-hybridized carbons (Fsp3) is 0.238. The maximum atomic E-state index is 12.3. The number of H-pyrrole nitrogens is 1. The van der Waals surface area contributed by atoms with Crippen LogP contribution in [0.3, 0.4) is 0 Å². The lowest BCUT2D eigenvalue weighted by Gasteiger charge is -2.13. The van der Waals surface area contributed by atoms with Crippen LogP contribution in [0.15, 0.2) is 51.7 Å². The van der Waals surface area contributed by atoms with Gasteiger partial charge in [-0.2, -0.15) is 10.2 Å². The molecule has 3 rings (SSSR count). The quantitative estimate of drug-likeness (QED) is 0.344. The molecule has 0 aliphatic heterocycles. The molecule has 0 saturated carbocycles. The van der Waals surface area contributed by atoms with Gasteiger partial charge in [-0.1, -0.05) is 42.1 Å². The zero-order chi connectivity index (χ0) is 20.8. The van der Waals surface area contributed by atoms with E-state index in [2.05, 4.69) is 9.97 Å². The molecule has 0 bridgehead atoms. The Morgan fingerprint density at radius 3 is 2.90 bits per heavy atom. The van der Waals surface area contributed by atoms with Crippen molar-refractivity contribution in [3.63, 3.8) is 0 Å². The van der Waals surface area contributed by atoms with Crippen molar-refractivity contribution < 1.29 is 9.53 Å². The average molecular weight is 426 g/mol. The Kier molecular flexibility index (Phi) is 6.86. The van der Waals surface area contributed by atoms with E-state index in [0.717, 1.165) is 16.0 Å². The Bertz CT molecular complexity index is 1100. The van der Waals surface area contributed by atoms with Crippen LogP contribution in [0, 0.1) is 11.3 Å². The Morgan fingerprint density at radius 2 is 2.21 bits per heavy atom. The molecule has 0 saturated heterocycles. The number of thiophene rings is 1. The predicted octanol–water partition coefficient (Wildman–Crippen LogP) is 4.33. The molecule has 0 amide bonds. The molecule has 0 radical (unpaired) electrons. The molecule has 29 heavy (non-hydrogen) atoms. The largest absolute Gasteiger partial charge is 0.466 e. The first-order valence-electron chi connectivity index (χ1n) is 9.01. The van der Waals surface area contributed by atoms with Crippen LogP contribution < -0.4 is 5.56 Å². The molecule has 1 aromatic carbocycles. The Morgan fingerprint density at radius 1 is 1.38 bits per heavy atom. The fourth-order valence-electron chi connectivity index (χ4n) is 2.79. The number of nitrogens with one attached hydrogen (secondary N) is 1. The van der Waals surface area contributed by atoms with E-state index >= 15 is 0 Å². The highest BCUT2D eigenvalue weighted by atomic mass is 32.2. The topological polar surface area (TPSA) is 95.8 Å². The van der Waals surface area contributed by atoms with Crippen molar-refractivity contribution in [1.82, 2.24) is 9.97 Å². The second-order valence-corrected chi connectivity index (χ2v) is 8.45. The van der Waals surface area contributed by atoms with Crippen molar-refractivity contribution in [2.45, 2.75) is 30.7 Å². The van der Waals surface area contributed by atoms with Gasteiger partial charge in [-0.05, 0) is 36.4 Å². The number of rotatable bonds is 7. The Hall–Kier alpha value is -2.89. The number of thioether (sulfide) groups is 1. The number of aromatic amines is 1. The minimum absolute atomic E-state index is 0.0147. The number of carbonyl (C=O) groups excluding carboxylic acids is 1. The summed E-state index contributed by atoms with van der Waals surface area (Å²) in [6.45, 7) is 4.13. The molecule has 1 N–H and O–H groups in total. The highest BCUT2D eigenvalue weighted by Gasteiger charge is 2.17. The highest BCUT2D eigenvalue weighted by Crippen LogP contribution is 2.34.